The van der Waals surface area contributed by atoms with Crippen LogP contribution >= 0.6 is 0 Å². The van der Waals surface area contributed by atoms with Crippen molar-refractivity contribution in [2.45, 2.75) is 19.8 Å². The number of methoxy groups -OCH3 is 1. The lowest BCUT2D eigenvalue weighted by atomic mass is 10.1. The number of carbonyl (C=O) groups is 2. The van der Waals surface area contributed by atoms with Crippen LogP contribution in [0.15, 0.2) is 42.5 Å². The van der Waals surface area contributed by atoms with E-state index in [1.807, 2.05) is 13.0 Å². The van der Waals surface area contributed by atoms with Crippen LogP contribution in [0.4, 0.5) is 15.8 Å². The molecule has 0 saturated heterocycles. The van der Waals surface area contributed by atoms with Gasteiger partial charge in [-0.2, -0.15) is 0 Å². The third-order valence-electron chi connectivity index (χ3n) is 4.31. The van der Waals surface area contributed by atoms with Crippen LogP contribution in [-0.4, -0.2) is 18.9 Å². The fourth-order valence-corrected chi connectivity index (χ4v) is 2.56. The Hall–Kier alpha value is -3.15. The van der Waals surface area contributed by atoms with Crippen molar-refractivity contribution in [1.29, 1.82) is 0 Å². The fraction of sp³-hybridized carbons (Fsp3) is 0.238. The number of carbonyl (C=O) groups excluding carboxylic acids is 2. The Morgan fingerprint density at radius 3 is 2.59 bits per heavy atom. The molecule has 1 saturated carbocycles. The van der Waals surface area contributed by atoms with Crippen molar-refractivity contribution in [1.82, 2.24) is 0 Å². The molecule has 0 aliphatic heterocycles. The second-order valence-corrected chi connectivity index (χ2v) is 6.51. The van der Waals surface area contributed by atoms with Gasteiger partial charge in [-0.25, -0.2) is 4.39 Å². The lowest BCUT2D eigenvalue weighted by molar-refractivity contribution is -0.117. The Morgan fingerprint density at radius 2 is 1.93 bits per heavy atom. The maximum Gasteiger partial charge on any atom is 0.248 e. The number of ether oxygens (including phenoxy) is 1. The lowest BCUT2D eigenvalue weighted by Gasteiger charge is -2.10. The molecule has 5 nitrogen and oxygen atoms in total. The summed E-state index contributed by atoms with van der Waals surface area (Å²) in [7, 11) is 1.39. The van der Waals surface area contributed by atoms with Crippen LogP contribution in [0.3, 0.4) is 0 Å². The minimum absolute atomic E-state index is 0.0116. The molecule has 0 bridgehead atoms. The maximum absolute atomic E-state index is 13.7. The first-order valence-electron chi connectivity index (χ1n) is 8.70. The number of anilines is 2. The Labute approximate surface area is 157 Å². The molecule has 3 rings (SSSR count). The van der Waals surface area contributed by atoms with Crippen molar-refractivity contribution in [3.63, 3.8) is 0 Å². The summed E-state index contributed by atoms with van der Waals surface area (Å²) in [6.07, 6.45) is 4.71. The number of amides is 2. The molecular formula is C21H21FN2O3. The molecule has 140 valence electrons. The molecule has 2 N–H and O–H groups in total. The number of benzene rings is 2. The minimum atomic E-state index is -0.491. The van der Waals surface area contributed by atoms with Crippen LogP contribution in [0.25, 0.3) is 6.08 Å². The van der Waals surface area contributed by atoms with Crippen molar-refractivity contribution in [2.75, 3.05) is 17.7 Å². The van der Waals surface area contributed by atoms with E-state index in [9.17, 15) is 14.0 Å². The molecular weight excluding hydrogens is 347 g/mol. The van der Waals surface area contributed by atoms with E-state index in [0.29, 0.717) is 16.9 Å². The van der Waals surface area contributed by atoms with Gasteiger partial charge in [-0.1, -0.05) is 12.1 Å². The predicted octanol–water partition coefficient (Wildman–Crippen LogP) is 4.14. The average Bonchev–Trinajstić information content (AvgIpc) is 3.48. The van der Waals surface area contributed by atoms with E-state index in [1.54, 1.807) is 18.2 Å². The Bertz CT molecular complexity index is 904. The molecule has 2 amide bonds. The fourth-order valence-electron chi connectivity index (χ4n) is 2.56. The first kappa shape index (κ1) is 18.6. The summed E-state index contributed by atoms with van der Waals surface area (Å²) in [4.78, 5) is 24.1. The van der Waals surface area contributed by atoms with Gasteiger partial charge in [0.2, 0.25) is 11.8 Å². The molecule has 0 unspecified atom stereocenters. The zero-order chi connectivity index (χ0) is 19.4. The minimum Gasteiger partial charge on any atom is -0.494 e. The van der Waals surface area contributed by atoms with E-state index >= 15 is 0 Å². The van der Waals surface area contributed by atoms with Gasteiger partial charge in [0, 0.05) is 23.4 Å². The molecule has 6 heteroatoms. The van der Waals surface area contributed by atoms with E-state index < -0.39 is 5.82 Å². The summed E-state index contributed by atoms with van der Waals surface area (Å²) in [6.45, 7) is 1.87. The predicted molar refractivity (Wildman–Crippen MR) is 103 cm³/mol. The Morgan fingerprint density at radius 1 is 1.15 bits per heavy atom. The first-order valence-corrected chi connectivity index (χ1v) is 8.70. The van der Waals surface area contributed by atoms with E-state index in [0.717, 1.165) is 18.4 Å². The largest absolute Gasteiger partial charge is 0.494 e. The molecule has 1 aliphatic carbocycles. The third-order valence-corrected chi connectivity index (χ3v) is 4.31. The maximum atomic E-state index is 13.7. The Balaban J connectivity index is 1.66. The summed E-state index contributed by atoms with van der Waals surface area (Å²) in [5.74, 6) is -0.568. The van der Waals surface area contributed by atoms with E-state index in [-0.39, 0.29) is 23.5 Å². The molecule has 2 aromatic rings. The molecule has 1 fully saturated rings. The number of hydrogen-bond acceptors (Lipinski definition) is 3. The van der Waals surface area contributed by atoms with Crippen molar-refractivity contribution in [2.24, 2.45) is 5.92 Å². The highest BCUT2D eigenvalue weighted by Gasteiger charge is 2.29. The van der Waals surface area contributed by atoms with Crippen LogP contribution in [0, 0.1) is 18.7 Å². The van der Waals surface area contributed by atoms with Gasteiger partial charge >= 0.3 is 0 Å². The van der Waals surface area contributed by atoms with Gasteiger partial charge < -0.3 is 15.4 Å². The summed E-state index contributed by atoms with van der Waals surface area (Å²) in [6, 6.07) is 9.83. The summed E-state index contributed by atoms with van der Waals surface area (Å²) in [5.41, 5.74) is 2.68. The van der Waals surface area contributed by atoms with Gasteiger partial charge in [0.15, 0.2) is 11.6 Å². The van der Waals surface area contributed by atoms with Crippen molar-refractivity contribution >= 4 is 29.3 Å². The average molecular weight is 368 g/mol. The first-order chi connectivity index (χ1) is 13.0. The Kier molecular flexibility index (Phi) is 5.54. The highest BCUT2D eigenvalue weighted by Crippen LogP contribution is 2.30. The molecule has 2 aromatic carbocycles. The summed E-state index contributed by atoms with van der Waals surface area (Å²) in [5, 5.41) is 5.64. The van der Waals surface area contributed by atoms with Gasteiger partial charge in [0.05, 0.1) is 7.11 Å². The quantitative estimate of drug-likeness (QED) is 0.753. The van der Waals surface area contributed by atoms with Crippen LogP contribution in [0.1, 0.15) is 24.0 Å². The van der Waals surface area contributed by atoms with Gasteiger partial charge in [-0.15, -0.1) is 0 Å². The van der Waals surface area contributed by atoms with Crippen LogP contribution in [-0.2, 0) is 9.59 Å². The normalized spacial score (nSPS) is 13.4. The molecule has 0 heterocycles. The number of nitrogens with one attached hydrogen (secondary N) is 2. The van der Waals surface area contributed by atoms with Gasteiger partial charge in [-0.05, 0) is 61.2 Å². The second kappa shape index (κ2) is 8.03. The van der Waals surface area contributed by atoms with Crippen molar-refractivity contribution in [3.8, 4) is 5.75 Å². The van der Waals surface area contributed by atoms with Gasteiger partial charge in [0.1, 0.15) is 0 Å². The number of rotatable bonds is 6. The van der Waals surface area contributed by atoms with Crippen molar-refractivity contribution < 1.29 is 18.7 Å². The third kappa shape index (κ3) is 4.94. The van der Waals surface area contributed by atoms with Crippen LogP contribution in [0.5, 0.6) is 5.75 Å². The van der Waals surface area contributed by atoms with Crippen LogP contribution < -0.4 is 15.4 Å². The van der Waals surface area contributed by atoms with Gasteiger partial charge in [-0.3, -0.25) is 9.59 Å². The second-order valence-electron chi connectivity index (χ2n) is 6.51. The van der Waals surface area contributed by atoms with E-state index in [1.165, 1.54) is 31.4 Å². The highest BCUT2D eigenvalue weighted by atomic mass is 19.1. The lowest BCUT2D eigenvalue weighted by Crippen LogP contribution is -2.14. The van der Waals surface area contributed by atoms with Gasteiger partial charge in [0.25, 0.3) is 0 Å². The van der Waals surface area contributed by atoms with E-state index in [4.69, 9.17) is 4.74 Å². The summed E-state index contributed by atoms with van der Waals surface area (Å²) < 4.78 is 18.6. The number of aryl methyl sites for hydroxylation is 1. The molecule has 1 aliphatic rings. The number of hydrogen-bond donors (Lipinski definition) is 2. The SMILES string of the molecule is COc1ccc(/C=C/C(=O)Nc2cc(NC(=O)C3CC3)ccc2C)cc1F. The molecule has 0 radical (unpaired) electrons. The molecule has 0 spiro atoms. The summed E-state index contributed by atoms with van der Waals surface area (Å²) >= 11 is 0. The smallest absolute Gasteiger partial charge is 0.248 e. The van der Waals surface area contributed by atoms with E-state index in [2.05, 4.69) is 10.6 Å². The topological polar surface area (TPSA) is 67.4 Å². The molecule has 0 atom stereocenters. The van der Waals surface area contributed by atoms with Crippen molar-refractivity contribution in [3.05, 3.63) is 59.4 Å². The number of halogens is 1. The highest BCUT2D eigenvalue weighted by molar-refractivity contribution is 6.03. The molecule has 0 aromatic heterocycles. The molecule has 27 heavy (non-hydrogen) atoms. The zero-order valence-corrected chi connectivity index (χ0v) is 15.2. The zero-order valence-electron chi connectivity index (χ0n) is 15.2. The van der Waals surface area contributed by atoms with Crippen LogP contribution in [0.2, 0.25) is 0 Å². The monoisotopic (exact) mass is 368 g/mol. The standard InChI is InChI=1S/C21H21FN2O3/c1-13-3-8-16(23-21(26)15-6-7-15)12-18(13)24-20(25)10-5-14-4-9-19(27-2)17(22)11-14/h3-5,8-12,15H,6-7H2,1-2H3,(H,23,26)(H,24,25)/b10-5+.